The molecule has 0 aromatic rings. The number of aliphatic imine (C=N–C) groups is 1. The molecule has 0 spiro atoms. The zero-order valence-electron chi connectivity index (χ0n) is 17.2. The summed E-state index contributed by atoms with van der Waals surface area (Å²) in [6.07, 6.45) is 5.97. The van der Waals surface area contributed by atoms with Gasteiger partial charge in [0.2, 0.25) is 5.91 Å². The molecule has 26 heavy (non-hydrogen) atoms. The summed E-state index contributed by atoms with van der Waals surface area (Å²) in [6.45, 7) is 14.7. The minimum atomic E-state index is 0.312. The monoisotopic (exact) mass is 365 g/mol. The first-order valence-electron chi connectivity index (χ1n) is 10.7. The Labute approximate surface area is 160 Å². The Hall–Kier alpha value is -1.30. The summed E-state index contributed by atoms with van der Waals surface area (Å²) in [5, 5.41) is 3.45. The lowest BCUT2D eigenvalue weighted by Gasteiger charge is -2.37. The van der Waals surface area contributed by atoms with Gasteiger partial charge in [-0.25, -0.2) is 0 Å². The first-order chi connectivity index (χ1) is 12.7. The maximum atomic E-state index is 12.5. The largest absolute Gasteiger partial charge is 0.357 e. The Morgan fingerprint density at radius 1 is 0.923 bits per heavy atom. The van der Waals surface area contributed by atoms with Crippen LogP contribution in [0, 0.1) is 5.92 Å². The molecule has 1 N–H and O–H groups in total. The molecule has 0 aliphatic carbocycles. The lowest BCUT2D eigenvalue weighted by molar-refractivity contribution is -0.133. The molecule has 2 heterocycles. The maximum Gasteiger partial charge on any atom is 0.236 e. The van der Waals surface area contributed by atoms with E-state index < -0.39 is 0 Å². The number of carbonyl (C=O) groups excluding carboxylic acids is 1. The van der Waals surface area contributed by atoms with Crippen LogP contribution in [0.25, 0.3) is 0 Å². The molecule has 2 saturated heterocycles. The zero-order chi connectivity index (χ0) is 18.8. The van der Waals surface area contributed by atoms with Gasteiger partial charge in [0.1, 0.15) is 0 Å². The van der Waals surface area contributed by atoms with Crippen molar-refractivity contribution in [3.05, 3.63) is 0 Å². The van der Waals surface area contributed by atoms with Crippen LogP contribution in [0.5, 0.6) is 0 Å². The van der Waals surface area contributed by atoms with Crippen LogP contribution in [0.3, 0.4) is 0 Å². The number of hydrogen-bond acceptors (Lipinski definition) is 3. The highest BCUT2D eigenvalue weighted by Crippen LogP contribution is 2.11. The summed E-state index contributed by atoms with van der Waals surface area (Å²) in [7, 11) is 0. The maximum absolute atomic E-state index is 12.5. The van der Waals surface area contributed by atoms with Gasteiger partial charge in [0.25, 0.3) is 0 Å². The van der Waals surface area contributed by atoms with Crippen LogP contribution in [0.15, 0.2) is 4.99 Å². The fourth-order valence-electron chi connectivity index (χ4n) is 3.74. The summed E-state index contributed by atoms with van der Waals surface area (Å²) in [5.74, 6) is 2.03. The summed E-state index contributed by atoms with van der Waals surface area (Å²) < 4.78 is 0. The molecule has 2 aliphatic heterocycles. The van der Waals surface area contributed by atoms with Crippen molar-refractivity contribution in [2.45, 2.75) is 52.9 Å². The van der Waals surface area contributed by atoms with E-state index in [9.17, 15) is 4.79 Å². The van der Waals surface area contributed by atoms with Gasteiger partial charge in [0, 0.05) is 52.4 Å². The topological polar surface area (TPSA) is 51.2 Å². The molecule has 6 heteroatoms. The van der Waals surface area contributed by atoms with Crippen LogP contribution in [0.1, 0.15) is 52.9 Å². The number of amides is 1. The van der Waals surface area contributed by atoms with Crippen LogP contribution < -0.4 is 5.32 Å². The fraction of sp³-hybridized carbons (Fsp3) is 0.900. The molecule has 0 saturated carbocycles. The van der Waals surface area contributed by atoms with Crippen molar-refractivity contribution in [3.8, 4) is 0 Å². The van der Waals surface area contributed by atoms with Gasteiger partial charge >= 0.3 is 0 Å². The highest BCUT2D eigenvalue weighted by Gasteiger charge is 2.24. The first kappa shape index (κ1) is 21.0. The molecular weight excluding hydrogens is 326 g/mol. The second-order valence-corrected chi connectivity index (χ2v) is 7.58. The van der Waals surface area contributed by atoms with Crippen molar-refractivity contribution < 1.29 is 4.79 Å². The van der Waals surface area contributed by atoms with E-state index in [1.165, 1.54) is 32.1 Å². The number of guanidine groups is 1. The lowest BCUT2D eigenvalue weighted by Crippen LogP contribution is -2.54. The summed E-state index contributed by atoms with van der Waals surface area (Å²) in [6, 6.07) is 0. The first-order valence-corrected chi connectivity index (χ1v) is 10.7. The van der Waals surface area contributed by atoms with Crippen LogP contribution in [-0.4, -0.2) is 85.5 Å². The van der Waals surface area contributed by atoms with Gasteiger partial charge in [-0.05, 0) is 32.1 Å². The van der Waals surface area contributed by atoms with E-state index >= 15 is 0 Å². The average molecular weight is 366 g/mol. The van der Waals surface area contributed by atoms with E-state index in [2.05, 4.69) is 40.8 Å². The Morgan fingerprint density at radius 3 is 2.15 bits per heavy atom. The number of piperazine rings is 1. The number of hydrogen-bond donors (Lipinski definition) is 1. The molecule has 2 aliphatic rings. The molecule has 6 nitrogen and oxygen atoms in total. The number of carbonyl (C=O) groups is 1. The van der Waals surface area contributed by atoms with Crippen molar-refractivity contribution in [3.63, 3.8) is 0 Å². The van der Waals surface area contributed by atoms with Gasteiger partial charge in [-0.3, -0.25) is 14.7 Å². The van der Waals surface area contributed by atoms with Gasteiger partial charge in [-0.15, -0.1) is 0 Å². The molecule has 0 bridgehead atoms. The van der Waals surface area contributed by atoms with Crippen molar-refractivity contribution in [1.29, 1.82) is 0 Å². The molecule has 150 valence electrons. The Morgan fingerprint density at radius 2 is 1.58 bits per heavy atom. The number of nitrogens with zero attached hydrogens (tertiary/aromatic N) is 4. The number of piperidine rings is 1. The summed E-state index contributed by atoms with van der Waals surface area (Å²) >= 11 is 0. The SMILES string of the molecule is CCNC(=NCC(CC)CC)N1CCN(CC(=O)N2CCCCC2)CC1. The van der Waals surface area contributed by atoms with Crippen molar-refractivity contribution in [1.82, 2.24) is 20.0 Å². The predicted molar refractivity (Wildman–Crippen MR) is 108 cm³/mol. The third-order valence-electron chi connectivity index (χ3n) is 5.73. The van der Waals surface area contributed by atoms with Crippen LogP contribution in [0.2, 0.25) is 0 Å². The Balaban J connectivity index is 1.80. The van der Waals surface area contributed by atoms with Crippen LogP contribution in [-0.2, 0) is 4.79 Å². The Bertz CT molecular complexity index is 435. The van der Waals surface area contributed by atoms with Crippen molar-refractivity contribution >= 4 is 11.9 Å². The zero-order valence-corrected chi connectivity index (χ0v) is 17.2. The second kappa shape index (κ2) is 11.4. The van der Waals surface area contributed by atoms with Gasteiger partial charge < -0.3 is 15.1 Å². The average Bonchev–Trinajstić information content (AvgIpc) is 2.69. The standard InChI is InChI=1S/C20H39N5O/c1-4-18(5-2)16-22-20(21-6-3)25-14-12-23(13-15-25)17-19(26)24-10-8-7-9-11-24/h18H,4-17H2,1-3H3,(H,21,22). The van der Waals surface area contributed by atoms with E-state index in [1.54, 1.807) is 0 Å². The smallest absolute Gasteiger partial charge is 0.236 e. The molecule has 0 atom stereocenters. The normalized spacial score (nSPS) is 19.9. The van der Waals surface area contributed by atoms with E-state index in [0.717, 1.165) is 58.3 Å². The molecule has 0 radical (unpaired) electrons. The highest BCUT2D eigenvalue weighted by atomic mass is 16.2. The van der Waals surface area contributed by atoms with E-state index in [1.807, 2.05) is 0 Å². The number of rotatable bonds is 7. The lowest BCUT2D eigenvalue weighted by atomic mass is 10.0. The molecule has 2 fully saturated rings. The third kappa shape index (κ3) is 6.45. The van der Waals surface area contributed by atoms with E-state index in [-0.39, 0.29) is 0 Å². The number of nitrogens with one attached hydrogen (secondary N) is 1. The molecular formula is C20H39N5O. The minimum absolute atomic E-state index is 0.312. The molecule has 0 unspecified atom stereocenters. The Kier molecular flexibility index (Phi) is 9.23. The third-order valence-corrected chi connectivity index (χ3v) is 5.73. The summed E-state index contributed by atoms with van der Waals surface area (Å²) in [5.41, 5.74) is 0. The molecule has 0 aromatic heterocycles. The number of likely N-dealkylation sites (tertiary alicyclic amines) is 1. The molecule has 0 aromatic carbocycles. The van der Waals surface area contributed by atoms with Gasteiger partial charge in [0.15, 0.2) is 5.96 Å². The van der Waals surface area contributed by atoms with Crippen molar-refractivity contribution in [2.75, 3.05) is 58.9 Å². The second-order valence-electron chi connectivity index (χ2n) is 7.58. The van der Waals surface area contributed by atoms with Gasteiger partial charge in [-0.2, -0.15) is 0 Å². The molecule has 2 rings (SSSR count). The predicted octanol–water partition coefficient (Wildman–Crippen LogP) is 2.02. The van der Waals surface area contributed by atoms with E-state index in [4.69, 9.17) is 4.99 Å². The fourth-order valence-corrected chi connectivity index (χ4v) is 3.74. The van der Waals surface area contributed by atoms with Crippen LogP contribution >= 0.6 is 0 Å². The summed E-state index contributed by atoms with van der Waals surface area (Å²) in [4.78, 5) is 24.0. The molecule has 1 amide bonds. The highest BCUT2D eigenvalue weighted by molar-refractivity contribution is 5.80. The quantitative estimate of drug-likeness (QED) is 0.554. The van der Waals surface area contributed by atoms with E-state index in [0.29, 0.717) is 18.4 Å². The van der Waals surface area contributed by atoms with Gasteiger partial charge in [0.05, 0.1) is 6.54 Å². The van der Waals surface area contributed by atoms with Crippen LogP contribution in [0.4, 0.5) is 0 Å². The minimum Gasteiger partial charge on any atom is -0.357 e. The van der Waals surface area contributed by atoms with Crippen molar-refractivity contribution in [2.24, 2.45) is 10.9 Å². The van der Waals surface area contributed by atoms with Gasteiger partial charge in [-0.1, -0.05) is 26.7 Å².